The van der Waals surface area contributed by atoms with Gasteiger partial charge in [-0.3, -0.25) is 4.79 Å². The molecule has 5 heteroatoms. The molecule has 3 nitrogen and oxygen atoms in total. The lowest BCUT2D eigenvalue weighted by molar-refractivity contribution is 0.0778. The van der Waals surface area contributed by atoms with Gasteiger partial charge in [0.15, 0.2) is 0 Å². The maximum absolute atomic E-state index is 12.9. The van der Waals surface area contributed by atoms with Gasteiger partial charge in [-0.25, -0.2) is 4.39 Å². The van der Waals surface area contributed by atoms with Crippen molar-refractivity contribution in [3.05, 3.63) is 35.6 Å². The maximum atomic E-state index is 12.9. The molecule has 1 atom stereocenters. The molecule has 0 saturated heterocycles. The Labute approximate surface area is 99.0 Å². The van der Waals surface area contributed by atoms with E-state index in [2.05, 4.69) is 0 Å². The van der Waals surface area contributed by atoms with Gasteiger partial charge in [0.25, 0.3) is 5.91 Å². The van der Waals surface area contributed by atoms with Crippen LogP contribution in [0.4, 0.5) is 4.39 Å². The summed E-state index contributed by atoms with van der Waals surface area (Å²) in [5.41, 5.74) is 5.73. The van der Waals surface area contributed by atoms with Gasteiger partial charge in [0.1, 0.15) is 5.82 Å². The number of nitrogens with two attached hydrogens (primary N) is 1. The van der Waals surface area contributed by atoms with Gasteiger partial charge in [-0.15, -0.1) is 0 Å². The van der Waals surface area contributed by atoms with Gasteiger partial charge in [-0.1, -0.05) is 18.3 Å². The number of benzene rings is 1. The highest BCUT2D eigenvalue weighted by Crippen LogP contribution is 2.08. The highest BCUT2D eigenvalue weighted by Gasteiger charge is 2.19. The molecule has 0 aliphatic carbocycles. The van der Waals surface area contributed by atoms with Crippen molar-refractivity contribution in [1.29, 1.82) is 0 Å². The molecule has 0 spiro atoms. The van der Waals surface area contributed by atoms with E-state index < -0.39 is 5.82 Å². The average Bonchev–Trinajstić information content (AvgIpc) is 2.26. The van der Waals surface area contributed by atoms with E-state index >= 15 is 0 Å². The molecule has 0 aromatic heterocycles. The second-order valence-electron chi connectivity index (χ2n) is 3.50. The van der Waals surface area contributed by atoms with Crippen molar-refractivity contribution in [3.63, 3.8) is 0 Å². The lowest BCUT2D eigenvalue weighted by Crippen LogP contribution is -2.42. The van der Waals surface area contributed by atoms with Crippen LogP contribution in [0.1, 0.15) is 17.3 Å². The summed E-state index contributed by atoms with van der Waals surface area (Å²) in [6.45, 7) is 1.72. The first-order chi connectivity index (χ1) is 7.43. The van der Waals surface area contributed by atoms with Crippen LogP contribution in [-0.4, -0.2) is 28.9 Å². The van der Waals surface area contributed by atoms with E-state index in [0.717, 1.165) is 0 Å². The number of nitrogens with zero attached hydrogens (tertiary/aromatic N) is 1. The Kier molecular flexibility index (Phi) is 3.95. The summed E-state index contributed by atoms with van der Waals surface area (Å²) in [6.07, 6.45) is 0. The summed E-state index contributed by atoms with van der Waals surface area (Å²) in [5, 5.41) is 0. The van der Waals surface area contributed by atoms with Gasteiger partial charge >= 0.3 is 0 Å². The number of amides is 1. The zero-order chi connectivity index (χ0) is 12.3. The largest absolute Gasteiger partial charge is 0.392 e. The maximum Gasteiger partial charge on any atom is 0.254 e. The molecule has 1 rings (SSSR count). The second kappa shape index (κ2) is 5.03. The fourth-order valence-corrected chi connectivity index (χ4v) is 1.35. The molecule has 2 N–H and O–H groups in total. The van der Waals surface area contributed by atoms with Crippen molar-refractivity contribution >= 4 is 23.1 Å². The molecule has 1 amide bonds. The van der Waals surface area contributed by atoms with Crippen molar-refractivity contribution in [3.8, 4) is 0 Å². The van der Waals surface area contributed by atoms with Crippen molar-refractivity contribution in [2.45, 2.75) is 13.0 Å². The Hall–Kier alpha value is -1.49. The number of hydrogen-bond acceptors (Lipinski definition) is 2. The van der Waals surface area contributed by atoms with Crippen LogP contribution in [0.25, 0.3) is 0 Å². The zero-order valence-corrected chi connectivity index (χ0v) is 9.92. The Balaban J connectivity index is 2.90. The van der Waals surface area contributed by atoms with Gasteiger partial charge in [0, 0.05) is 12.6 Å². The van der Waals surface area contributed by atoms with Crippen LogP contribution in [0.5, 0.6) is 0 Å². The molecule has 0 aliphatic rings. The minimum atomic E-state index is -0.442. The first kappa shape index (κ1) is 12.6. The minimum absolute atomic E-state index is 0.229. The molecule has 16 heavy (non-hydrogen) atoms. The van der Waals surface area contributed by atoms with Gasteiger partial charge in [0.05, 0.1) is 11.0 Å². The average molecular weight is 240 g/mol. The molecule has 0 aliphatic heterocycles. The van der Waals surface area contributed by atoms with Crippen LogP contribution in [0.3, 0.4) is 0 Å². The minimum Gasteiger partial charge on any atom is -0.392 e. The third kappa shape index (κ3) is 2.76. The van der Waals surface area contributed by atoms with Crippen LogP contribution >= 0.6 is 12.2 Å². The van der Waals surface area contributed by atoms with Gasteiger partial charge in [-0.2, -0.15) is 0 Å². The van der Waals surface area contributed by atoms with E-state index in [1.165, 1.54) is 23.1 Å². The summed E-state index contributed by atoms with van der Waals surface area (Å²) in [4.78, 5) is 13.5. The quantitative estimate of drug-likeness (QED) is 0.816. The van der Waals surface area contributed by atoms with E-state index in [0.29, 0.717) is 0 Å². The Morgan fingerprint density at radius 1 is 1.56 bits per heavy atom. The monoisotopic (exact) mass is 240 g/mol. The highest BCUT2D eigenvalue weighted by atomic mass is 32.1. The number of thiocarbonyl (C=S) groups is 1. The Morgan fingerprint density at radius 2 is 2.19 bits per heavy atom. The third-order valence-electron chi connectivity index (χ3n) is 2.38. The fourth-order valence-electron chi connectivity index (χ4n) is 1.19. The SMILES string of the molecule is CC(C(N)=S)N(C)C(=O)c1cccc(F)c1. The smallest absolute Gasteiger partial charge is 0.254 e. The molecule has 0 bridgehead atoms. The fraction of sp³-hybridized carbons (Fsp3) is 0.273. The molecule has 1 aromatic rings. The number of carbonyl (C=O) groups excluding carboxylic acids is 1. The standard InChI is InChI=1S/C11H13FN2OS/c1-7(10(13)16)14(2)11(15)8-4-3-5-9(12)6-8/h3-7H,1-2H3,(H2,13,16). The topological polar surface area (TPSA) is 46.3 Å². The van der Waals surface area contributed by atoms with Crippen LogP contribution in [0.2, 0.25) is 0 Å². The van der Waals surface area contributed by atoms with Crippen LogP contribution in [0.15, 0.2) is 24.3 Å². The number of hydrogen-bond donors (Lipinski definition) is 1. The van der Waals surface area contributed by atoms with E-state index in [9.17, 15) is 9.18 Å². The third-order valence-corrected chi connectivity index (χ3v) is 2.73. The Morgan fingerprint density at radius 3 is 2.69 bits per heavy atom. The normalized spacial score (nSPS) is 11.9. The molecule has 0 fully saturated rings. The van der Waals surface area contributed by atoms with Crippen LogP contribution in [0, 0.1) is 5.82 Å². The second-order valence-corrected chi connectivity index (χ2v) is 3.98. The van der Waals surface area contributed by atoms with E-state index in [4.69, 9.17) is 18.0 Å². The highest BCUT2D eigenvalue weighted by molar-refractivity contribution is 7.80. The molecular formula is C11H13FN2OS. The Bertz CT molecular complexity index is 422. The predicted molar refractivity (Wildman–Crippen MR) is 64.7 cm³/mol. The number of carbonyl (C=O) groups is 1. The summed E-state index contributed by atoms with van der Waals surface area (Å²) >= 11 is 4.80. The molecule has 1 unspecified atom stereocenters. The predicted octanol–water partition coefficient (Wildman–Crippen LogP) is 1.57. The lowest BCUT2D eigenvalue weighted by Gasteiger charge is -2.23. The molecule has 1 aromatic carbocycles. The van der Waals surface area contributed by atoms with Crippen molar-refractivity contribution in [1.82, 2.24) is 4.90 Å². The van der Waals surface area contributed by atoms with Crippen LogP contribution in [-0.2, 0) is 0 Å². The van der Waals surface area contributed by atoms with E-state index in [1.807, 2.05) is 0 Å². The summed E-state index contributed by atoms with van der Waals surface area (Å²) < 4.78 is 12.9. The first-order valence-corrected chi connectivity index (χ1v) is 5.16. The molecule has 86 valence electrons. The molecule has 0 saturated carbocycles. The van der Waals surface area contributed by atoms with Gasteiger partial charge in [0.2, 0.25) is 0 Å². The van der Waals surface area contributed by atoms with Crippen LogP contribution < -0.4 is 5.73 Å². The van der Waals surface area contributed by atoms with Gasteiger partial charge < -0.3 is 10.6 Å². The molecule has 0 radical (unpaired) electrons. The first-order valence-electron chi connectivity index (χ1n) is 4.75. The van der Waals surface area contributed by atoms with Gasteiger partial charge in [-0.05, 0) is 25.1 Å². The number of likely N-dealkylation sites (N-methyl/N-ethyl adjacent to an activating group) is 1. The number of halogens is 1. The summed E-state index contributed by atoms with van der Waals surface area (Å²) in [7, 11) is 1.58. The van der Waals surface area contributed by atoms with Crippen molar-refractivity contribution in [2.75, 3.05) is 7.05 Å². The number of rotatable bonds is 3. The molecular weight excluding hydrogens is 227 g/mol. The molecule has 0 heterocycles. The lowest BCUT2D eigenvalue weighted by atomic mass is 10.1. The summed E-state index contributed by atoms with van der Waals surface area (Å²) in [5.74, 6) is -0.748. The van der Waals surface area contributed by atoms with E-state index in [-0.39, 0.29) is 22.5 Å². The van der Waals surface area contributed by atoms with Crippen molar-refractivity contribution in [2.24, 2.45) is 5.73 Å². The van der Waals surface area contributed by atoms with E-state index in [1.54, 1.807) is 20.0 Å². The van der Waals surface area contributed by atoms with Crippen molar-refractivity contribution < 1.29 is 9.18 Å². The zero-order valence-electron chi connectivity index (χ0n) is 9.11. The summed E-state index contributed by atoms with van der Waals surface area (Å²) in [6, 6.07) is 5.15.